The van der Waals surface area contributed by atoms with Gasteiger partial charge in [0.25, 0.3) is 5.91 Å². The van der Waals surface area contributed by atoms with Crippen molar-refractivity contribution in [1.29, 1.82) is 0 Å². The predicted molar refractivity (Wildman–Crippen MR) is 51.8 cm³/mol. The Labute approximate surface area is 79.1 Å². The molecule has 0 aromatic carbocycles. The second-order valence-electron chi connectivity index (χ2n) is 3.40. The highest BCUT2D eigenvalue weighted by atomic mass is 16.1. The number of carbonyl (C=O) groups excluding carboxylic acids is 1. The summed E-state index contributed by atoms with van der Waals surface area (Å²) in [6, 6.07) is 0.235. The van der Waals surface area contributed by atoms with Crippen LogP contribution in [-0.4, -0.2) is 18.0 Å². The topological polar surface area (TPSA) is 55.1 Å². The molecule has 1 fully saturated rings. The van der Waals surface area contributed by atoms with E-state index in [0.29, 0.717) is 0 Å². The van der Waals surface area contributed by atoms with Crippen molar-refractivity contribution in [1.82, 2.24) is 5.32 Å². The molecule has 2 atom stereocenters. The molecule has 1 rings (SSSR count). The number of nitrogens with two attached hydrogens (primary N) is 1. The standard InChI is InChI=1S/C10H16N2O/c1-2-5-10(13)12-9-7-4-3-6-8(9)11/h8-9H,3-4,6-7,11H2,1H3,(H,12,13). The van der Waals surface area contributed by atoms with Crippen molar-refractivity contribution >= 4 is 5.91 Å². The molecule has 0 aromatic heterocycles. The smallest absolute Gasteiger partial charge is 0.296 e. The summed E-state index contributed by atoms with van der Waals surface area (Å²) in [5.41, 5.74) is 5.86. The molecule has 0 aromatic rings. The lowest BCUT2D eigenvalue weighted by Gasteiger charge is -2.28. The summed E-state index contributed by atoms with van der Waals surface area (Å²) < 4.78 is 0. The van der Waals surface area contributed by atoms with Gasteiger partial charge in [0.1, 0.15) is 0 Å². The lowest BCUT2D eigenvalue weighted by atomic mass is 9.91. The quantitative estimate of drug-likeness (QED) is 0.574. The van der Waals surface area contributed by atoms with Crippen LogP contribution in [0.25, 0.3) is 0 Å². The van der Waals surface area contributed by atoms with Gasteiger partial charge in [0, 0.05) is 12.1 Å². The zero-order valence-electron chi connectivity index (χ0n) is 7.97. The van der Waals surface area contributed by atoms with Gasteiger partial charge in [-0.3, -0.25) is 4.79 Å². The van der Waals surface area contributed by atoms with E-state index in [-0.39, 0.29) is 18.0 Å². The minimum Gasteiger partial charge on any atom is -0.341 e. The fourth-order valence-corrected chi connectivity index (χ4v) is 1.66. The van der Waals surface area contributed by atoms with Gasteiger partial charge in [-0.1, -0.05) is 18.8 Å². The molecule has 0 spiro atoms. The molecule has 3 N–H and O–H groups in total. The Bertz CT molecular complexity index is 239. The van der Waals surface area contributed by atoms with Crippen LogP contribution in [0.1, 0.15) is 32.6 Å². The van der Waals surface area contributed by atoms with E-state index in [1.54, 1.807) is 6.92 Å². The highest BCUT2D eigenvalue weighted by Gasteiger charge is 2.22. The lowest BCUT2D eigenvalue weighted by Crippen LogP contribution is -2.48. The average molecular weight is 180 g/mol. The number of hydrogen-bond donors (Lipinski definition) is 2. The Morgan fingerprint density at radius 1 is 1.46 bits per heavy atom. The second kappa shape index (κ2) is 4.88. The van der Waals surface area contributed by atoms with Crippen molar-refractivity contribution in [3.8, 4) is 11.8 Å². The number of rotatable bonds is 1. The summed E-state index contributed by atoms with van der Waals surface area (Å²) in [7, 11) is 0. The Hall–Kier alpha value is -1.01. The van der Waals surface area contributed by atoms with Crippen LogP contribution in [0.5, 0.6) is 0 Å². The number of amides is 1. The van der Waals surface area contributed by atoms with Crippen molar-refractivity contribution in [3.05, 3.63) is 0 Å². The van der Waals surface area contributed by atoms with Gasteiger partial charge >= 0.3 is 0 Å². The SMILES string of the molecule is CC#CC(=O)NC1CCCCC1N. The minimum atomic E-state index is -0.204. The van der Waals surface area contributed by atoms with Crippen LogP contribution in [-0.2, 0) is 4.79 Å². The largest absolute Gasteiger partial charge is 0.341 e. The van der Waals surface area contributed by atoms with Gasteiger partial charge in [-0.05, 0) is 25.7 Å². The molecule has 13 heavy (non-hydrogen) atoms. The summed E-state index contributed by atoms with van der Waals surface area (Å²) in [5, 5.41) is 2.83. The maximum atomic E-state index is 11.1. The first-order chi connectivity index (χ1) is 6.24. The molecular weight excluding hydrogens is 164 g/mol. The molecule has 0 bridgehead atoms. The van der Waals surface area contributed by atoms with Crippen LogP contribution in [0.15, 0.2) is 0 Å². The Morgan fingerprint density at radius 2 is 2.15 bits per heavy atom. The molecule has 2 unspecified atom stereocenters. The van der Waals surface area contributed by atoms with E-state index in [0.717, 1.165) is 19.3 Å². The summed E-state index contributed by atoms with van der Waals surface area (Å²) in [6.45, 7) is 1.65. The fraction of sp³-hybridized carbons (Fsp3) is 0.700. The predicted octanol–water partition coefficient (Wildman–Crippen LogP) is 0.396. The van der Waals surface area contributed by atoms with Crippen molar-refractivity contribution in [2.75, 3.05) is 0 Å². The van der Waals surface area contributed by atoms with Crippen molar-refractivity contribution in [2.24, 2.45) is 5.73 Å². The van der Waals surface area contributed by atoms with Crippen molar-refractivity contribution < 1.29 is 4.79 Å². The van der Waals surface area contributed by atoms with Crippen LogP contribution in [0.3, 0.4) is 0 Å². The maximum Gasteiger partial charge on any atom is 0.296 e. The first kappa shape index (κ1) is 10.1. The number of hydrogen-bond acceptors (Lipinski definition) is 2. The van der Waals surface area contributed by atoms with E-state index < -0.39 is 0 Å². The molecule has 0 aliphatic heterocycles. The molecule has 1 saturated carbocycles. The zero-order valence-corrected chi connectivity index (χ0v) is 7.97. The van der Waals surface area contributed by atoms with Crippen LogP contribution >= 0.6 is 0 Å². The molecule has 1 aliphatic carbocycles. The normalized spacial score (nSPS) is 27.2. The maximum absolute atomic E-state index is 11.1. The summed E-state index contributed by atoms with van der Waals surface area (Å²) >= 11 is 0. The van der Waals surface area contributed by atoms with Crippen LogP contribution in [0.2, 0.25) is 0 Å². The molecule has 0 heterocycles. The molecular formula is C10H16N2O. The van der Waals surface area contributed by atoms with E-state index in [1.807, 2.05) is 0 Å². The average Bonchev–Trinajstić information content (AvgIpc) is 2.09. The fourth-order valence-electron chi connectivity index (χ4n) is 1.66. The highest BCUT2D eigenvalue weighted by molar-refractivity contribution is 5.93. The molecule has 3 nitrogen and oxygen atoms in total. The Kier molecular flexibility index (Phi) is 3.78. The lowest BCUT2D eigenvalue weighted by molar-refractivity contribution is -0.116. The monoisotopic (exact) mass is 180 g/mol. The van der Waals surface area contributed by atoms with E-state index in [1.165, 1.54) is 6.42 Å². The van der Waals surface area contributed by atoms with Gasteiger partial charge in [-0.15, -0.1) is 0 Å². The van der Waals surface area contributed by atoms with Crippen LogP contribution in [0.4, 0.5) is 0 Å². The van der Waals surface area contributed by atoms with E-state index in [9.17, 15) is 4.79 Å². The highest BCUT2D eigenvalue weighted by Crippen LogP contribution is 2.16. The van der Waals surface area contributed by atoms with Gasteiger partial charge in [-0.25, -0.2) is 0 Å². The summed E-state index contributed by atoms with van der Waals surface area (Å²) in [5.74, 6) is 4.82. The van der Waals surface area contributed by atoms with E-state index >= 15 is 0 Å². The molecule has 72 valence electrons. The third kappa shape index (κ3) is 3.08. The Balaban J connectivity index is 2.41. The van der Waals surface area contributed by atoms with E-state index in [2.05, 4.69) is 17.2 Å². The van der Waals surface area contributed by atoms with E-state index in [4.69, 9.17) is 5.73 Å². The zero-order chi connectivity index (χ0) is 9.68. The van der Waals surface area contributed by atoms with Crippen LogP contribution < -0.4 is 11.1 Å². The number of nitrogens with one attached hydrogen (secondary N) is 1. The van der Waals surface area contributed by atoms with Gasteiger partial charge in [-0.2, -0.15) is 0 Å². The van der Waals surface area contributed by atoms with Crippen LogP contribution in [0, 0.1) is 11.8 Å². The first-order valence-electron chi connectivity index (χ1n) is 4.73. The number of carbonyl (C=O) groups is 1. The molecule has 1 aliphatic rings. The minimum absolute atomic E-state index is 0.108. The third-order valence-electron chi connectivity index (χ3n) is 2.37. The molecule has 3 heteroatoms. The van der Waals surface area contributed by atoms with Gasteiger partial charge in [0.2, 0.25) is 0 Å². The van der Waals surface area contributed by atoms with Crippen molar-refractivity contribution in [3.63, 3.8) is 0 Å². The van der Waals surface area contributed by atoms with Gasteiger partial charge < -0.3 is 11.1 Å². The molecule has 0 radical (unpaired) electrons. The summed E-state index contributed by atoms with van der Waals surface area (Å²) in [6.07, 6.45) is 4.31. The first-order valence-corrected chi connectivity index (χ1v) is 4.73. The van der Waals surface area contributed by atoms with Gasteiger partial charge in [0.05, 0.1) is 0 Å². The van der Waals surface area contributed by atoms with Crippen molar-refractivity contribution in [2.45, 2.75) is 44.7 Å². The summed E-state index contributed by atoms with van der Waals surface area (Å²) in [4.78, 5) is 11.1. The molecule has 1 amide bonds. The second-order valence-corrected chi connectivity index (χ2v) is 3.40. The molecule has 0 saturated heterocycles. The van der Waals surface area contributed by atoms with Gasteiger partial charge in [0.15, 0.2) is 0 Å². The third-order valence-corrected chi connectivity index (χ3v) is 2.37. The Morgan fingerprint density at radius 3 is 2.77 bits per heavy atom.